The Morgan fingerprint density at radius 1 is 1.43 bits per heavy atom. The molecule has 0 bridgehead atoms. The van der Waals surface area contributed by atoms with Crippen LogP contribution in [0.1, 0.15) is 5.56 Å². The maximum absolute atomic E-state index is 10.9. The number of halogens is 1. The fraction of sp³-hybridized carbons (Fsp3) is 0.300. The van der Waals surface area contributed by atoms with Crippen LogP contribution in [0.15, 0.2) is 30.3 Å². The van der Waals surface area contributed by atoms with Gasteiger partial charge in [0.15, 0.2) is 0 Å². The SMILES string of the molecule is NC(=O)[C@H](CBr)NCc1ccccc1. The standard InChI is InChI=1S/C10H13BrN2O/c11-6-9(10(12)14)13-7-8-4-2-1-3-5-8/h1-5,9,13H,6-7H2,(H2,12,14)/t9-/m0/s1. The molecule has 1 amide bonds. The third-order valence-electron chi connectivity index (χ3n) is 1.89. The fourth-order valence-corrected chi connectivity index (χ4v) is 1.62. The van der Waals surface area contributed by atoms with Crippen LogP contribution < -0.4 is 11.1 Å². The fourth-order valence-electron chi connectivity index (χ4n) is 1.07. The Balaban J connectivity index is 2.44. The highest BCUT2D eigenvalue weighted by Gasteiger charge is 2.11. The third kappa shape index (κ3) is 3.47. The minimum atomic E-state index is -0.335. The Labute approximate surface area is 91.8 Å². The van der Waals surface area contributed by atoms with Crippen molar-refractivity contribution in [3.05, 3.63) is 35.9 Å². The monoisotopic (exact) mass is 256 g/mol. The Hall–Kier alpha value is -0.870. The van der Waals surface area contributed by atoms with E-state index < -0.39 is 0 Å². The first kappa shape index (κ1) is 11.2. The number of hydrogen-bond donors (Lipinski definition) is 2. The maximum Gasteiger partial charge on any atom is 0.235 e. The molecule has 1 aromatic rings. The summed E-state index contributed by atoms with van der Waals surface area (Å²) in [6, 6.07) is 9.57. The van der Waals surface area contributed by atoms with Crippen molar-refractivity contribution in [2.24, 2.45) is 5.73 Å². The molecule has 0 saturated carbocycles. The predicted octanol–water partition coefficient (Wildman–Crippen LogP) is 1.02. The summed E-state index contributed by atoms with van der Waals surface area (Å²) in [7, 11) is 0. The lowest BCUT2D eigenvalue weighted by Gasteiger charge is -2.11. The zero-order valence-corrected chi connectivity index (χ0v) is 9.33. The summed E-state index contributed by atoms with van der Waals surface area (Å²) in [5.41, 5.74) is 6.32. The van der Waals surface area contributed by atoms with Crippen LogP contribution in [0.3, 0.4) is 0 Å². The molecule has 0 fully saturated rings. The molecule has 3 N–H and O–H groups in total. The first-order chi connectivity index (χ1) is 6.74. The molecule has 0 saturated heterocycles. The number of nitrogens with two attached hydrogens (primary N) is 1. The highest BCUT2D eigenvalue weighted by atomic mass is 79.9. The maximum atomic E-state index is 10.9. The van der Waals surface area contributed by atoms with Gasteiger partial charge in [-0.25, -0.2) is 0 Å². The minimum absolute atomic E-state index is 0.310. The van der Waals surface area contributed by atoms with E-state index in [1.165, 1.54) is 0 Å². The molecular formula is C10H13BrN2O. The van der Waals surface area contributed by atoms with E-state index in [0.29, 0.717) is 11.9 Å². The van der Waals surface area contributed by atoms with Gasteiger partial charge in [-0.15, -0.1) is 0 Å². The summed E-state index contributed by atoms with van der Waals surface area (Å²) >= 11 is 3.23. The van der Waals surface area contributed by atoms with E-state index >= 15 is 0 Å². The molecule has 0 aliphatic rings. The largest absolute Gasteiger partial charge is 0.368 e. The average Bonchev–Trinajstić information content (AvgIpc) is 2.20. The second kappa shape index (κ2) is 5.78. The Bertz CT molecular complexity index is 289. The molecule has 0 spiro atoms. The van der Waals surface area contributed by atoms with Crippen molar-refractivity contribution < 1.29 is 4.79 Å². The van der Waals surface area contributed by atoms with Gasteiger partial charge >= 0.3 is 0 Å². The van der Waals surface area contributed by atoms with Gasteiger partial charge in [0.2, 0.25) is 5.91 Å². The van der Waals surface area contributed by atoms with Gasteiger partial charge < -0.3 is 11.1 Å². The number of amides is 1. The topological polar surface area (TPSA) is 55.1 Å². The molecule has 14 heavy (non-hydrogen) atoms. The molecule has 3 nitrogen and oxygen atoms in total. The number of carbonyl (C=O) groups is 1. The molecule has 0 aliphatic heterocycles. The highest BCUT2D eigenvalue weighted by molar-refractivity contribution is 9.09. The molecular weight excluding hydrogens is 244 g/mol. The lowest BCUT2D eigenvalue weighted by atomic mass is 10.2. The first-order valence-corrected chi connectivity index (χ1v) is 5.48. The molecule has 0 radical (unpaired) electrons. The molecule has 1 atom stereocenters. The van der Waals surface area contributed by atoms with Crippen molar-refractivity contribution in [1.29, 1.82) is 0 Å². The summed E-state index contributed by atoms with van der Waals surface area (Å²) in [5, 5.41) is 3.60. The van der Waals surface area contributed by atoms with Gasteiger partial charge in [-0.2, -0.15) is 0 Å². The van der Waals surface area contributed by atoms with Gasteiger partial charge in [0.05, 0.1) is 6.04 Å². The van der Waals surface area contributed by atoms with Crippen LogP contribution in [0.2, 0.25) is 0 Å². The van der Waals surface area contributed by atoms with E-state index in [2.05, 4.69) is 21.2 Å². The van der Waals surface area contributed by atoms with Crippen LogP contribution in [0, 0.1) is 0 Å². The van der Waals surface area contributed by atoms with E-state index in [9.17, 15) is 4.79 Å². The number of nitrogens with one attached hydrogen (secondary N) is 1. The van der Waals surface area contributed by atoms with Crippen LogP contribution in [0.5, 0.6) is 0 Å². The molecule has 0 aliphatic carbocycles. The van der Waals surface area contributed by atoms with Gasteiger partial charge in [-0.1, -0.05) is 46.3 Å². The normalized spacial score (nSPS) is 12.4. The number of hydrogen-bond acceptors (Lipinski definition) is 2. The van der Waals surface area contributed by atoms with Crippen molar-refractivity contribution in [2.75, 3.05) is 5.33 Å². The number of benzene rings is 1. The van der Waals surface area contributed by atoms with Crippen LogP contribution in [0.4, 0.5) is 0 Å². The van der Waals surface area contributed by atoms with Crippen molar-refractivity contribution in [3.63, 3.8) is 0 Å². The molecule has 76 valence electrons. The Morgan fingerprint density at radius 3 is 2.57 bits per heavy atom. The van der Waals surface area contributed by atoms with Crippen molar-refractivity contribution in [1.82, 2.24) is 5.32 Å². The van der Waals surface area contributed by atoms with Crippen LogP contribution in [0.25, 0.3) is 0 Å². The van der Waals surface area contributed by atoms with E-state index in [0.717, 1.165) is 5.56 Å². The van der Waals surface area contributed by atoms with Crippen molar-refractivity contribution in [3.8, 4) is 0 Å². The number of carbonyl (C=O) groups excluding carboxylic acids is 1. The van der Waals surface area contributed by atoms with Gasteiger partial charge in [0.25, 0.3) is 0 Å². The predicted molar refractivity (Wildman–Crippen MR) is 60.1 cm³/mol. The molecule has 0 unspecified atom stereocenters. The summed E-state index contributed by atoms with van der Waals surface area (Å²) in [6.07, 6.45) is 0. The van der Waals surface area contributed by atoms with Crippen LogP contribution in [-0.2, 0) is 11.3 Å². The number of rotatable bonds is 5. The summed E-state index contributed by atoms with van der Waals surface area (Å²) in [4.78, 5) is 10.9. The highest BCUT2D eigenvalue weighted by Crippen LogP contribution is 1.99. The summed E-state index contributed by atoms with van der Waals surface area (Å²) in [6.45, 7) is 0.653. The second-order valence-electron chi connectivity index (χ2n) is 2.98. The van der Waals surface area contributed by atoms with Crippen molar-refractivity contribution >= 4 is 21.8 Å². The van der Waals surface area contributed by atoms with Gasteiger partial charge in [-0.3, -0.25) is 4.79 Å². The first-order valence-electron chi connectivity index (χ1n) is 4.36. The zero-order chi connectivity index (χ0) is 10.4. The zero-order valence-electron chi connectivity index (χ0n) is 7.74. The van der Waals surface area contributed by atoms with Crippen molar-refractivity contribution in [2.45, 2.75) is 12.6 Å². The number of primary amides is 1. The molecule has 1 aromatic carbocycles. The minimum Gasteiger partial charge on any atom is -0.368 e. The second-order valence-corrected chi connectivity index (χ2v) is 3.62. The van der Waals surface area contributed by atoms with Gasteiger partial charge in [-0.05, 0) is 5.56 Å². The number of alkyl halides is 1. The quantitative estimate of drug-likeness (QED) is 0.774. The Kier molecular flexibility index (Phi) is 4.62. The molecule has 1 rings (SSSR count). The summed E-state index contributed by atoms with van der Waals surface area (Å²) in [5.74, 6) is -0.335. The van der Waals surface area contributed by atoms with Gasteiger partial charge in [0, 0.05) is 11.9 Å². The van der Waals surface area contributed by atoms with E-state index in [-0.39, 0.29) is 11.9 Å². The molecule has 0 aromatic heterocycles. The van der Waals surface area contributed by atoms with Gasteiger partial charge in [0.1, 0.15) is 0 Å². The average molecular weight is 257 g/mol. The van der Waals surface area contributed by atoms with E-state index in [4.69, 9.17) is 5.73 Å². The summed E-state index contributed by atoms with van der Waals surface area (Å²) < 4.78 is 0. The third-order valence-corrected chi connectivity index (χ3v) is 2.54. The smallest absolute Gasteiger partial charge is 0.235 e. The van der Waals surface area contributed by atoms with E-state index in [1.807, 2.05) is 30.3 Å². The van der Waals surface area contributed by atoms with E-state index in [1.54, 1.807) is 0 Å². The van der Waals surface area contributed by atoms with Crippen LogP contribution >= 0.6 is 15.9 Å². The lowest BCUT2D eigenvalue weighted by molar-refractivity contribution is -0.119. The molecule has 4 heteroatoms. The lowest BCUT2D eigenvalue weighted by Crippen LogP contribution is -2.42. The van der Waals surface area contributed by atoms with Crippen LogP contribution in [-0.4, -0.2) is 17.3 Å². The Morgan fingerprint density at radius 2 is 2.07 bits per heavy atom. The molecule has 0 heterocycles.